The Balaban J connectivity index is 2.80. The quantitative estimate of drug-likeness (QED) is 0.716. The Hall–Kier alpha value is -0.730. The second kappa shape index (κ2) is 3.20. The van der Waals surface area contributed by atoms with Gasteiger partial charge in [0.15, 0.2) is 0 Å². The highest BCUT2D eigenvalue weighted by Crippen LogP contribution is 2.32. The van der Waals surface area contributed by atoms with E-state index in [2.05, 4.69) is 13.0 Å². The number of aromatic hydroxyl groups is 1. The Bertz CT molecular complexity index is 447. The summed E-state index contributed by atoms with van der Waals surface area (Å²) in [4.78, 5) is 1.24. The molecule has 68 valence electrons. The van der Waals surface area contributed by atoms with Crippen molar-refractivity contribution >= 4 is 33.0 Å². The highest BCUT2D eigenvalue weighted by Gasteiger charge is 2.05. The number of phenolic OH excluding ortho intramolecular Hbond substituents is 1. The van der Waals surface area contributed by atoms with Gasteiger partial charge in [-0.15, -0.1) is 22.9 Å². The van der Waals surface area contributed by atoms with Crippen molar-refractivity contribution in [1.82, 2.24) is 0 Å². The van der Waals surface area contributed by atoms with E-state index < -0.39 is 0 Å². The van der Waals surface area contributed by atoms with Gasteiger partial charge in [-0.25, -0.2) is 0 Å². The van der Waals surface area contributed by atoms with Crippen LogP contribution in [0, 0.1) is 6.92 Å². The maximum absolute atomic E-state index is 9.40. The molecule has 0 unspecified atom stereocenters. The molecule has 0 atom stereocenters. The van der Waals surface area contributed by atoms with Crippen molar-refractivity contribution < 1.29 is 5.11 Å². The minimum absolute atomic E-state index is 0.296. The van der Waals surface area contributed by atoms with Gasteiger partial charge in [0.1, 0.15) is 5.75 Å². The van der Waals surface area contributed by atoms with Gasteiger partial charge in [-0.3, -0.25) is 0 Å². The predicted molar refractivity (Wildman–Crippen MR) is 57.8 cm³/mol. The summed E-state index contributed by atoms with van der Waals surface area (Å²) in [6.45, 7) is 2.06. The maximum atomic E-state index is 9.40. The molecule has 0 saturated heterocycles. The predicted octanol–water partition coefficient (Wildman–Crippen LogP) is 3.65. The van der Waals surface area contributed by atoms with E-state index >= 15 is 0 Å². The number of thiophene rings is 1. The van der Waals surface area contributed by atoms with Gasteiger partial charge in [0.25, 0.3) is 0 Å². The lowest BCUT2D eigenvalue weighted by Crippen LogP contribution is -1.77. The molecule has 0 fully saturated rings. The lowest BCUT2D eigenvalue weighted by molar-refractivity contribution is 0.476. The summed E-state index contributed by atoms with van der Waals surface area (Å²) in [5.41, 5.74) is 1.00. The highest BCUT2D eigenvalue weighted by atomic mass is 35.5. The molecule has 1 heterocycles. The summed E-state index contributed by atoms with van der Waals surface area (Å²) in [7, 11) is 0. The highest BCUT2D eigenvalue weighted by molar-refractivity contribution is 7.19. The molecule has 1 aromatic carbocycles. The number of alkyl halides is 1. The normalized spacial score (nSPS) is 10.9. The molecule has 0 aliphatic rings. The monoisotopic (exact) mass is 212 g/mol. The first-order valence-electron chi connectivity index (χ1n) is 3.98. The minimum atomic E-state index is 0.296. The van der Waals surface area contributed by atoms with Crippen molar-refractivity contribution in [3.05, 3.63) is 28.6 Å². The van der Waals surface area contributed by atoms with Gasteiger partial charge >= 0.3 is 0 Å². The number of fused-ring (bicyclic) bond motifs is 1. The van der Waals surface area contributed by atoms with Gasteiger partial charge in [0.2, 0.25) is 0 Å². The molecule has 13 heavy (non-hydrogen) atoms. The number of aryl methyl sites for hydroxylation is 1. The smallest absolute Gasteiger partial charge is 0.117 e. The zero-order valence-electron chi connectivity index (χ0n) is 7.17. The Morgan fingerprint density at radius 1 is 1.38 bits per heavy atom. The molecule has 0 aliphatic heterocycles. The molecular formula is C10H9ClOS. The van der Waals surface area contributed by atoms with E-state index in [0.717, 1.165) is 15.6 Å². The van der Waals surface area contributed by atoms with Crippen LogP contribution < -0.4 is 0 Å². The lowest BCUT2D eigenvalue weighted by Gasteiger charge is -1.99. The summed E-state index contributed by atoms with van der Waals surface area (Å²) in [5.74, 6) is 0.742. The summed E-state index contributed by atoms with van der Waals surface area (Å²) in [6.07, 6.45) is 0. The van der Waals surface area contributed by atoms with E-state index in [0.29, 0.717) is 11.6 Å². The molecule has 1 N–H and O–H groups in total. The molecule has 2 rings (SSSR count). The SMILES string of the molecule is Cc1cc2c(CCl)cc(O)cc2s1. The molecule has 2 aromatic rings. The molecule has 3 heteroatoms. The fraction of sp³-hybridized carbons (Fsp3) is 0.200. The molecule has 0 saturated carbocycles. The molecule has 0 spiro atoms. The number of halogens is 1. The Morgan fingerprint density at radius 3 is 2.85 bits per heavy atom. The van der Waals surface area contributed by atoms with Crippen LogP contribution in [0.1, 0.15) is 10.4 Å². The molecule has 0 bridgehead atoms. The second-order valence-corrected chi connectivity index (χ2v) is 4.56. The second-order valence-electron chi connectivity index (χ2n) is 3.01. The first kappa shape index (κ1) is 8.85. The van der Waals surface area contributed by atoms with Crippen molar-refractivity contribution in [2.24, 2.45) is 0 Å². The van der Waals surface area contributed by atoms with E-state index in [1.54, 1.807) is 23.5 Å². The van der Waals surface area contributed by atoms with Crippen molar-refractivity contribution in [1.29, 1.82) is 0 Å². The fourth-order valence-corrected chi connectivity index (χ4v) is 2.66. The van der Waals surface area contributed by atoms with E-state index in [4.69, 9.17) is 11.6 Å². The molecular weight excluding hydrogens is 204 g/mol. The van der Waals surface area contributed by atoms with E-state index in [-0.39, 0.29) is 0 Å². The number of benzene rings is 1. The summed E-state index contributed by atoms with van der Waals surface area (Å²) in [6, 6.07) is 5.61. The number of rotatable bonds is 1. The van der Waals surface area contributed by atoms with Gasteiger partial charge < -0.3 is 5.11 Å². The average molecular weight is 213 g/mol. The van der Waals surface area contributed by atoms with Crippen LogP contribution in [-0.4, -0.2) is 5.11 Å². The Labute approximate surface area is 85.6 Å². The van der Waals surface area contributed by atoms with Crippen molar-refractivity contribution in [3.8, 4) is 5.75 Å². The summed E-state index contributed by atoms with van der Waals surface area (Å²) < 4.78 is 1.10. The van der Waals surface area contributed by atoms with Gasteiger partial charge in [-0.2, -0.15) is 0 Å². The maximum Gasteiger partial charge on any atom is 0.117 e. The molecule has 0 radical (unpaired) electrons. The summed E-state index contributed by atoms with van der Waals surface area (Å²) >= 11 is 7.46. The van der Waals surface area contributed by atoms with Gasteiger partial charge in [0.05, 0.1) is 0 Å². The zero-order valence-corrected chi connectivity index (χ0v) is 8.75. The van der Waals surface area contributed by atoms with Crippen molar-refractivity contribution in [3.63, 3.8) is 0 Å². The number of hydrogen-bond acceptors (Lipinski definition) is 2. The van der Waals surface area contributed by atoms with E-state index in [9.17, 15) is 5.11 Å². The molecule has 0 amide bonds. The Morgan fingerprint density at radius 2 is 2.15 bits per heavy atom. The van der Waals surface area contributed by atoms with Crippen LogP contribution in [0.5, 0.6) is 5.75 Å². The lowest BCUT2D eigenvalue weighted by atomic mass is 10.1. The third-order valence-electron chi connectivity index (χ3n) is 1.98. The molecule has 1 nitrogen and oxygen atoms in total. The van der Waals surface area contributed by atoms with Crippen LogP contribution in [0.3, 0.4) is 0 Å². The fourth-order valence-electron chi connectivity index (χ4n) is 1.43. The van der Waals surface area contributed by atoms with E-state index in [1.807, 2.05) is 0 Å². The largest absolute Gasteiger partial charge is 0.508 e. The van der Waals surface area contributed by atoms with Crippen LogP contribution in [0.2, 0.25) is 0 Å². The van der Waals surface area contributed by atoms with Gasteiger partial charge in [0, 0.05) is 15.5 Å². The first-order chi connectivity index (χ1) is 6.20. The van der Waals surface area contributed by atoms with Crippen LogP contribution in [0.25, 0.3) is 10.1 Å². The minimum Gasteiger partial charge on any atom is -0.508 e. The average Bonchev–Trinajstić information content (AvgIpc) is 2.43. The van der Waals surface area contributed by atoms with E-state index in [1.165, 1.54) is 4.88 Å². The van der Waals surface area contributed by atoms with Crippen molar-refractivity contribution in [2.45, 2.75) is 12.8 Å². The number of phenols is 1. The van der Waals surface area contributed by atoms with Crippen LogP contribution in [0.4, 0.5) is 0 Å². The van der Waals surface area contributed by atoms with Crippen molar-refractivity contribution in [2.75, 3.05) is 0 Å². The van der Waals surface area contributed by atoms with Crippen LogP contribution in [-0.2, 0) is 5.88 Å². The van der Waals surface area contributed by atoms with Crippen LogP contribution >= 0.6 is 22.9 Å². The molecule has 0 aliphatic carbocycles. The number of hydrogen-bond donors (Lipinski definition) is 1. The van der Waals surface area contributed by atoms with Gasteiger partial charge in [-0.05, 0) is 36.1 Å². The Kier molecular flexibility index (Phi) is 2.18. The standard InChI is InChI=1S/C10H9ClOS/c1-6-2-9-7(5-11)3-8(12)4-10(9)13-6/h2-4,12H,5H2,1H3. The zero-order chi connectivity index (χ0) is 9.42. The molecule has 1 aromatic heterocycles. The third kappa shape index (κ3) is 1.52. The summed E-state index contributed by atoms with van der Waals surface area (Å²) in [5, 5.41) is 10.6. The first-order valence-corrected chi connectivity index (χ1v) is 5.34. The van der Waals surface area contributed by atoms with Crippen LogP contribution in [0.15, 0.2) is 18.2 Å². The topological polar surface area (TPSA) is 20.2 Å². The third-order valence-corrected chi connectivity index (χ3v) is 3.26. The van der Waals surface area contributed by atoms with Gasteiger partial charge in [-0.1, -0.05) is 0 Å².